The fourth-order valence-corrected chi connectivity index (χ4v) is 2.45. The number of benzene rings is 1. The van der Waals surface area contributed by atoms with Crippen LogP contribution in [0.5, 0.6) is 0 Å². The van der Waals surface area contributed by atoms with Gasteiger partial charge >= 0.3 is 6.18 Å². The van der Waals surface area contributed by atoms with Gasteiger partial charge in [0, 0.05) is 20.1 Å². The molecule has 0 unspecified atom stereocenters. The summed E-state index contributed by atoms with van der Waals surface area (Å²) in [5.41, 5.74) is -0.550. The van der Waals surface area contributed by atoms with Crippen molar-refractivity contribution in [1.29, 1.82) is 0 Å². The lowest BCUT2D eigenvalue weighted by Crippen LogP contribution is -2.34. The second kappa shape index (κ2) is 5.83. The molecule has 1 N–H and O–H groups in total. The van der Waals surface area contributed by atoms with E-state index in [1.54, 1.807) is 13.1 Å². The van der Waals surface area contributed by atoms with Gasteiger partial charge in [-0.25, -0.2) is 0 Å². The second-order valence-electron chi connectivity index (χ2n) is 5.04. The Kier molecular flexibility index (Phi) is 4.32. The summed E-state index contributed by atoms with van der Waals surface area (Å²) < 4.78 is 38.7. The average molecular weight is 286 g/mol. The molecule has 1 aromatic rings. The van der Waals surface area contributed by atoms with Crippen LogP contribution in [0, 0.1) is 5.92 Å². The standard InChI is InChI=1S/C14H17F3N2O/c1-19(13(20)10-6-7-18-8-10)9-11-4-2-3-5-12(11)14(15,16)17/h2-5,10,18H,6-9H2,1H3/t10-/m1/s1. The van der Waals surface area contributed by atoms with E-state index in [0.717, 1.165) is 19.0 Å². The van der Waals surface area contributed by atoms with Gasteiger partial charge in [-0.05, 0) is 24.6 Å². The molecule has 0 radical (unpaired) electrons. The largest absolute Gasteiger partial charge is 0.416 e. The topological polar surface area (TPSA) is 32.3 Å². The molecule has 6 heteroatoms. The van der Waals surface area contributed by atoms with Crippen LogP contribution >= 0.6 is 0 Å². The van der Waals surface area contributed by atoms with Crippen molar-refractivity contribution in [3.05, 3.63) is 35.4 Å². The minimum atomic E-state index is -4.39. The zero-order chi connectivity index (χ0) is 14.8. The van der Waals surface area contributed by atoms with E-state index < -0.39 is 11.7 Å². The van der Waals surface area contributed by atoms with Crippen molar-refractivity contribution in [3.8, 4) is 0 Å². The summed E-state index contributed by atoms with van der Waals surface area (Å²) >= 11 is 0. The van der Waals surface area contributed by atoms with Crippen LogP contribution in [0.15, 0.2) is 24.3 Å². The molecule has 1 amide bonds. The van der Waals surface area contributed by atoms with E-state index in [9.17, 15) is 18.0 Å². The van der Waals surface area contributed by atoms with Crippen LogP contribution in [0.4, 0.5) is 13.2 Å². The zero-order valence-corrected chi connectivity index (χ0v) is 11.2. The number of alkyl halides is 3. The second-order valence-corrected chi connectivity index (χ2v) is 5.04. The molecule has 1 aromatic carbocycles. The molecule has 0 spiro atoms. The van der Waals surface area contributed by atoms with Gasteiger partial charge in [-0.1, -0.05) is 18.2 Å². The number of rotatable bonds is 3. The molecule has 20 heavy (non-hydrogen) atoms. The number of amides is 1. The first-order valence-corrected chi connectivity index (χ1v) is 6.50. The molecule has 3 nitrogen and oxygen atoms in total. The fourth-order valence-electron chi connectivity index (χ4n) is 2.45. The summed E-state index contributed by atoms with van der Waals surface area (Å²) in [5, 5.41) is 3.08. The Labute approximate surface area is 115 Å². The number of nitrogens with one attached hydrogen (secondary N) is 1. The summed E-state index contributed by atoms with van der Waals surface area (Å²) in [5.74, 6) is -0.231. The molecule has 1 aliphatic rings. The van der Waals surface area contributed by atoms with E-state index in [0.29, 0.717) is 6.54 Å². The van der Waals surface area contributed by atoms with Crippen LogP contribution in [0.1, 0.15) is 17.5 Å². The summed E-state index contributed by atoms with van der Waals surface area (Å²) in [6.45, 7) is 1.36. The summed E-state index contributed by atoms with van der Waals surface area (Å²) in [7, 11) is 1.55. The number of carbonyl (C=O) groups excluding carboxylic acids is 1. The summed E-state index contributed by atoms with van der Waals surface area (Å²) in [6.07, 6.45) is -3.65. The fraction of sp³-hybridized carbons (Fsp3) is 0.500. The highest BCUT2D eigenvalue weighted by atomic mass is 19.4. The van der Waals surface area contributed by atoms with E-state index in [2.05, 4.69) is 5.32 Å². The van der Waals surface area contributed by atoms with E-state index in [4.69, 9.17) is 0 Å². The Morgan fingerprint density at radius 2 is 2.10 bits per heavy atom. The normalized spacial score (nSPS) is 19.1. The average Bonchev–Trinajstić information content (AvgIpc) is 2.91. The lowest BCUT2D eigenvalue weighted by atomic mass is 10.0. The SMILES string of the molecule is CN(Cc1ccccc1C(F)(F)F)C(=O)[C@@H]1CCNC1. The first kappa shape index (κ1) is 14.8. The molecule has 1 fully saturated rings. The number of hydrogen-bond donors (Lipinski definition) is 1. The highest BCUT2D eigenvalue weighted by Crippen LogP contribution is 2.32. The summed E-state index contributed by atoms with van der Waals surface area (Å²) in [4.78, 5) is 13.5. The van der Waals surface area contributed by atoms with Crippen molar-refractivity contribution >= 4 is 5.91 Å². The molecule has 2 rings (SSSR count). The van der Waals surface area contributed by atoms with Crippen LogP contribution in [0.3, 0.4) is 0 Å². The van der Waals surface area contributed by atoms with Gasteiger partial charge in [0.25, 0.3) is 0 Å². The molecular weight excluding hydrogens is 269 g/mol. The molecule has 0 saturated carbocycles. The van der Waals surface area contributed by atoms with Crippen molar-refractivity contribution in [3.63, 3.8) is 0 Å². The highest BCUT2D eigenvalue weighted by molar-refractivity contribution is 5.79. The van der Waals surface area contributed by atoms with Crippen molar-refractivity contribution in [1.82, 2.24) is 10.2 Å². The maximum atomic E-state index is 12.9. The molecule has 1 aliphatic heterocycles. The third-order valence-electron chi connectivity index (χ3n) is 3.52. The van der Waals surface area contributed by atoms with Gasteiger partial charge < -0.3 is 10.2 Å². The van der Waals surface area contributed by atoms with Crippen LogP contribution < -0.4 is 5.32 Å². The lowest BCUT2D eigenvalue weighted by Gasteiger charge is -2.22. The monoisotopic (exact) mass is 286 g/mol. The Bertz CT molecular complexity index is 482. The van der Waals surface area contributed by atoms with E-state index >= 15 is 0 Å². The first-order valence-electron chi connectivity index (χ1n) is 6.50. The molecule has 0 aromatic heterocycles. The van der Waals surface area contributed by atoms with Crippen LogP contribution in [-0.2, 0) is 17.5 Å². The highest BCUT2D eigenvalue weighted by Gasteiger charge is 2.34. The molecule has 1 heterocycles. The van der Waals surface area contributed by atoms with E-state index in [1.807, 2.05) is 0 Å². The Balaban J connectivity index is 2.11. The van der Waals surface area contributed by atoms with Gasteiger partial charge in [-0.3, -0.25) is 4.79 Å². The van der Waals surface area contributed by atoms with Gasteiger partial charge in [0.1, 0.15) is 0 Å². The van der Waals surface area contributed by atoms with Crippen LogP contribution in [0.2, 0.25) is 0 Å². The van der Waals surface area contributed by atoms with E-state index in [1.165, 1.54) is 17.0 Å². The van der Waals surface area contributed by atoms with Gasteiger partial charge in [-0.2, -0.15) is 13.2 Å². The number of carbonyl (C=O) groups is 1. The predicted molar refractivity (Wildman–Crippen MR) is 68.9 cm³/mol. The van der Waals surface area contributed by atoms with Gasteiger partial charge in [-0.15, -0.1) is 0 Å². The van der Waals surface area contributed by atoms with Crippen molar-refractivity contribution in [2.45, 2.75) is 19.1 Å². The third-order valence-corrected chi connectivity index (χ3v) is 3.52. The Morgan fingerprint density at radius 3 is 2.70 bits per heavy atom. The summed E-state index contributed by atoms with van der Waals surface area (Å²) in [6, 6.07) is 5.37. The predicted octanol–water partition coefficient (Wildman–Crippen LogP) is 2.27. The number of halogens is 3. The molecule has 0 aliphatic carbocycles. The molecular formula is C14H17F3N2O. The Morgan fingerprint density at radius 1 is 1.40 bits per heavy atom. The van der Waals surface area contributed by atoms with Gasteiger partial charge in [0.05, 0.1) is 11.5 Å². The maximum Gasteiger partial charge on any atom is 0.416 e. The third kappa shape index (κ3) is 3.30. The maximum absolute atomic E-state index is 12.9. The van der Waals surface area contributed by atoms with Gasteiger partial charge in [0.2, 0.25) is 5.91 Å². The Hall–Kier alpha value is -1.56. The lowest BCUT2D eigenvalue weighted by molar-refractivity contribution is -0.140. The molecule has 110 valence electrons. The van der Waals surface area contributed by atoms with Crippen LogP contribution in [0.25, 0.3) is 0 Å². The van der Waals surface area contributed by atoms with Crippen molar-refractivity contribution in [2.75, 3.05) is 20.1 Å². The minimum absolute atomic E-state index is 0.0228. The molecule has 1 atom stereocenters. The number of nitrogens with zero attached hydrogens (tertiary/aromatic N) is 1. The number of hydrogen-bond acceptors (Lipinski definition) is 2. The van der Waals surface area contributed by atoms with Crippen molar-refractivity contribution in [2.24, 2.45) is 5.92 Å². The van der Waals surface area contributed by atoms with E-state index in [-0.39, 0.29) is 23.9 Å². The molecule has 1 saturated heterocycles. The smallest absolute Gasteiger partial charge is 0.341 e. The van der Waals surface area contributed by atoms with Crippen molar-refractivity contribution < 1.29 is 18.0 Å². The zero-order valence-electron chi connectivity index (χ0n) is 11.2. The van der Waals surface area contributed by atoms with Gasteiger partial charge in [0.15, 0.2) is 0 Å². The minimum Gasteiger partial charge on any atom is -0.341 e. The first-order chi connectivity index (χ1) is 9.39. The quantitative estimate of drug-likeness (QED) is 0.924. The molecule has 0 bridgehead atoms. The van der Waals surface area contributed by atoms with Crippen LogP contribution in [-0.4, -0.2) is 30.9 Å².